The van der Waals surface area contributed by atoms with Crippen molar-refractivity contribution in [3.05, 3.63) is 0 Å². The first kappa shape index (κ1) is 27.7. The fraction of sp³-hybridized carbons (Fsp3) is 0. The van der Waals surface area contributed by atoms with Crippen LogP contribution in [0, 0.1) is 0 Å². The van der Waals surface area contributed by atoms with Gasteiger partial charge in [-0.3, -0.25) is 0 Å². The molecule has 1 radical (unpaired) electrons. The molecule has 0 spiro atoms. The molecule has 0 heterocycles. The van der Waals surface area contributed by atoms with Gasteiger partial charge >= 0.3 is 45.5 Å². The molecule has 0 saturated heterocycles. The second kappa shape index (κ2) is 16.6. The van der Waals surface area contributed by atoms with E-state index in [1.165, 1.54) is 0 Å². The molecule has 4 heteroatoms. The van der Waals surface area contributed by atoms with Crippen molar-refractivity contribution >= 4 is 62.8 Å². The summed E-state index contributed by atoms with van der Waals surface area (Å²) in [6.07, 6.45) is 0. The summed E-state index contributed by atoms with van der Waals surface area (Å²) in [6.45, 7) is 0. The van der Waals surface area contributed by atoms with Crippen LogP contribution in [0.1, 0.15) is 2.85 Å². The van der Waals surface area contributed by atoms with E-state index in [2.05, 4.69) is 0 Å². The third kappa shape index (κ3) is 8.91. The molecule has 0 fully saturated rings. The van der Waals surface area contributed by atoms with E-state index >= 15 is 0 Å². The molecule has 0 amide bonds. The van der Waals surface area contributed by atoms with E-state index in [1.54, 1.807) is 0 Å². The molecular formula is H5AlCrMnSr. The van der Waals surface area contributed by atoms with Gasteiger partial charge in [0.2, 0.25) is 0 Å². The van der Waals surface area contributed by atoms with Crippen LogP contribution in [0.3, 0.4) is 0 Å². The molecule has 0 bridgehead atoms. The zero-order chi connectivity index (χ0) is 0. The first-order valence-corrected chi connectivity index (χ1v) is 0. The largest absolute Gasteiger partial charge is 2.00 e. The van der Waals surface area contributed by atoms with Crippen molar-refractivity contribution in [2.45, 2.75) is 0 Å². The Hall–Kier alpha value is 3.06. The Morgan fingerprint density at radius 3 is 1.25 bits per heavy atom. The summed E-state index contributed by atoms with van der Waals surface area (Å²) < 4.78 is 0. The van der Waals surface area contributed by atoms with Crippen LogP contribution in [0.5, 0.6) is 0 Å². The van der Waals surface area contributed by atoms with Crippen molar-refractivity contribution in [2.75, 3.05) is 0 Å². The molecule has 0 aliphatic carbocycles. The molecule has 0 atom stereocenters. The maximum Gasteiger partial charge on any atom is 2.00 e. The fourth-order valence-corrected chi connectivity index (χ4v) is 0. The predicted octanol–water partition coefficient (Wildman–Crippen LogP) is -1.34. The molecule has 0 rings (SSSR count). The van der Waals surface area contributed by atoms with Gasteiger partial charge in [-0.25, -0.2) is 0 Å². The van der Waals surface area contributed by atoms with E-state index in [0.717, 1.165) is 0 Å². The van der Waals surface area contributed by atoms with Crippen molar-refractivity contribution < 1.29 is 37.3 Å². The summed E-state index contributed by atoms with van der Waals surface area (Å²) in [4.78, 5) is 0. The van der Waals surface area contributed by atoms with Crippen LogP contribution < -0.4 is 0 Å². The summed E-state index contributed by atoms with van der Waals surface area (Å²) in [7, 11) is 0. The minimum Gasteiger partial charge on any atom is -1.00 e. The van der Waals surface area contributed by atoms with E-state index in [4.69, 9.17) is 0 Å². The van der Waals surface area contributed by atoms with E-state index in [-0.39, 0.29) is 100 Å². The van der Waals surface area contributed by atoms with Crippen LogP contribution in [-0.2, 0) is 34.4 Å². The monoisotopic (exact) mass is 227 g/mol. The quantitative estimate of drug-likeness (QED) is 0.449. The van der Waals surface area contributed by atoms with Crippen LogP contribution in [0.25, 0.3) is 0 Å². The Morgan fingerprint density at radius 2 is 1.25 bits per heavy atom. The van der Waals surface area contributed by atoms with Gasteiger partial charge in [-0.15, -0.1) is 0 Å². The first-order chi connectivity index (χ1) is 0. The molecule has 0 aromatic heterocycles. The molecule has 0 unspecified atom stereocenters. The Morgan fingerprint density at radius 1 is 1.25 bits per heavy atom. The van der Waals surface area contributed by atoms with Crippen molar-refractivity contribution in [2.24, 2.45) is 0 Å². The topological polar surface area (TPSA) is 0 Å². The molecule has 4 heavy (non-hydrogen) atoms. The van der Waals surface area contributed by atoms with Gasteiger partial charge in [0.15, 0.2) is 17.4 Å². The average Bonchev–Trinajstić information content (AvgIpc) is 0. The van der Waals surface area contributed by atoms with E-state index < -0.39 is 0 Å². The smallest absolute Gasteiger partial charge is 1.00 e. The van der Waals surface area contributed by atoms with Crippen LogP contribution in [-0.4, -0.2) is 62.8 Å². The van der Waals surface area contributed by atoms with Gasteiger partial charge < -0.3 is 2.85 Å². The summed E-state index contributed by atoms with van der Waals surface area (Å²) in [5.41, 5.74) is 0. The Balaban J connectivity index is 0. The van der Waals surface area contributed by atoms with Gasteiger partial charge in [0.05, 0.1) is 0 Å². The van der Waals surface area contributed by atoms with E-state index in [9.17, 15) is 0 Å². The second-order valence-electron chi connectivity index (χ2n) is 0. The van der Waals surface area contributed by atoms with Crippen molar-refractivity contribution in [1.82, 2.24) is 0 Å². The average molecular weight is 227 g/mol. The van der Waals surface area contributed by atoms with Gasteiger partial charge in [0, 0.05) is 34.4 Å². The number of hydrogen-bond acceptors (Lipinski definition) is 0. The molecule has 0 saturated carbocycles. The summed E-state index contributed by atoms with van der Waals surface area (Å²) in [6, 6.07) is 0. The fourth-order valence-electron chi connectivity index (χ4n) is 0. The van der Waals surface area contributed by atoms with E-state index in [0.29, 0.717) is 0 Å². The molecular weight excluding hydrogens is 222 g/mol. The van der Waals surface area contributed by atoms with Gasteiger partial charge in [0.1, 0.15) is 0 Å². The zero-order valence-corrected chi connectivity index (χ0v) is 7.42. The van der Waals surface area contributed by atoms with Gasteiger partial charge in [-0.2, -0.15) is 0 Å². The number of hydrogen-bond donors (Lipinski definition) is 0. The molecule has 0 aromatic carbocycles. The molecule has 0 nitrogen and oxygen atoms in total. The standard InChI is InChI=1S/Al.Cr.Mn.Sr.5H/q;;;+2;;;;2*-1. The molecule has 0 aliphatic rings. The Kier molecular flexibility index (Phi) is 115. The van der Waals surface area contributed by atoms with Crippen molar-refractivity contribution in [1.29, 1.82) is 0 Å². The maximum atomic E-state index is 0. The van der Waals surface area contributed by atoms with Gasteiger partial charge in [-0.1, -0.05) is 0 Å². The summed E-state index contributed by atoms with van der Waals surface area (Å²) >= 11 is 0. The summed E-state index contributed by atoms with van der Waals surface area (Å²) in [5, 5.41) is 0. The minimum atomic E-state index is 0. The minimum absolute atomic E-state index is 0. The third-order valence-electron chi connectivity index (χ3n) is 0. The van der Waals surface area contributed by atoms with Gasteiger partial charge in [0.25, 0.3) is 0 Å². The van der Waals surface area contributed by atoms with Crippen LogP contribution in [0.2, 0.25) is 0 Å². The Bertz CT molecular complexity index is 13.5. The van der Waals surface area contributed by atoms with Crippen LogP contribution >= 0.6 is 0 Å². The molecule has 0 N–H and O–H groups in total. The van der Waals surface area contributed by atoms with Gasteiger partial charge in [-0.05, 0) is 0 Å². The van der Waals surface area contributed by atoms with Crippen LogP contribution in [0.15, 0.2) is 0 Å². The SMILES string of the molecule is [AlH3].[Cr].[H-].[H-].[Mn].[Sr+2]. The van der Waals surface area contributed by atoms with Crippen molar-refractivity contribution in [3.8, 4) is 0 Å². The van der Waals surface area contributed by atoms with Crippen LogP contribution in [0.4, 0.5) is 0 Å². The molecule has 0 aromatic rings. The van der Waals surface area contributed by atoms with Crippen molar-refractivity contribution in [3.63, 3.8) is 0 Å². The van der Waals surface area contributed by atoms with E-state index in [1.807, 2.05) is 0 Å². The first-order valence-electron chi connectivity index (χ1n) is 0. The third-order valence-corrected chi connectivity index (χ3v) is 0. The Labute approximate surface area is 98.1 Å². The summed E-state index contributed by atoms with van der Waals surface area (Å²) in [5.74, 6) is 0. The maximum absolute atomic E-state index is 0. The second-order valence-corrected chi connectivity index (χ2v) is 0. The predicted molar refractivity (Wildman–Crippen MR) is 17.9 cm³/mol. The number of rotatable bonds is 0. The molecule has 0 aliphatic heterocycles. The zero-order valence-electron chi connectivity index (χ0n) is 3.49. The molecule has 23 valence electrons. The normalized spacial score (nSPS) is 0.